The number of aryl methyl sites for hydroxylation is 1. The molecular weight excluding hydrogens is 380 g/mol. The van der Waals surface area contributed by atoms with Gasteiger partial charge in [-0.2, -0.15) is 5.10 Å². The largest absolute Gasteiger partial charge is 0.352 e. The summed E-state index contributed by atoms with van der Waals surface area (Å²) in [6.45, 7) is 13.3. The van der Waals surface area contributed by atoms with Crippen LogP contribution in [0.5, 0.6) is 0 Å². The van der Waals surface area contributed by atoms with Crippen molar-refractivity contribution in [3.05, 3.63) is 22.6 Å². The number of hydrogen-bond acceptors (Lipinski definition) is 4. The lowest BCUT2D eigenvalue weighted by Gasteiger charge is -2.45. The SMILES string of the molecule is Cc1cc(Br)n2ncnc(N3CC[C@@](C)(C(=O)C(C)(C)C)C[C@@H]3C)c12. The molecule has 0 unspecified atom stereocenters. The number of nitrogens with zero attached hydrogens (tertiary/aromatic N) is 4. The number of piperidine rings is 1. The van der Waals surface area contributed by atoms with E-state index >= 15 is 0 Å². The molecule has 1 saturated heterocycles. The molecule has 0 radical (unpaired) electrons. The molecule has 0 saturated carbocycles. The van der Waals surface area contributed by atoms with E-state index in [1.807, 2.05) is 25.3 Å². The van der Waals surface area contributed by atoms with Crippen LogP contribution in [0.25, 0.3) is 5.52 Å². The first kappa shape index (κ1) is 18.4. The third-order valence-corrected chi connectivity index (χ3v) is 5.93. The van der Waals surface area contributed by atoms with Gasteiger partial charge in [0.05, 0.1) is 0 Å². The molecule has 2 aromatic heterocycles. The smallest absolute Gasteiger partial charge is 0.157 e. The fourth-order valence-electron chi connectivity index (χ4n) is 4.25. The highest BCUT2D eigenvalue weighted by atomic mass is 79.9. The van der Waals surface area contributed by atoms with Gasteiger partial charge in [0.2, 0.25) is 0 Å². The average Bonchev–Trinajstić information content (AvgIpc) is 2.81. The van der Waals surface area contributed by atoms with Crippen LogP contribution < -0.4 is 4.90 Å². The molecule has 0 bridgehead atoms. The van der Waals surface area contributed by atoms with Gasteiger partial charge in [-0.25, -0.2) is 9.50 Å². The Morgan fingerprint density at radius 3 is 2.68 bits per heavy atom. The molecule has 6 heteroatoms. The summed E-state index contributed by atoms with van der Waals surface area (Å²) in [5.74, 6) is 1.32. The fourth-order valence-corrected chi connectivity index (χ4v) is 4.86. The van der Waals surface area contributed by atoms with E-state index in [1.54, 1.807) is 6.33 Å². The van der Waals surface area contributed by atoms with Gasteiger partial charge in [-0.3, -0.25) is 4.79 Å². The summed E-state index contributed by atoms with van der Waals surface area (Å²) in [6, 6.07) is 2.31. The quantitative estimate of drug-likeness (QED) is 0.740. The van der Waals surface area contributed by atoms with Crippen LogP contribution in [0.3, 0.4) is 0 Å². The highest BCUT2D eigenvalue weighted by Crippen LogP contribution is 2.42. The lowest BCUT2D eigenvalue weighted by atomic mass is 9.67. The van der Waals surface area contributed by atoms with Crippen molar-refractivity contribution in [3.63, 3.8) is 0 Å². The summed E-state index contributed by atoms with van der Waals surface area (Å²) in [7, 11) is 0. The van der Waals surface area contributed by atoms with Crippen LogP contribution in [0.2, 0.25) is 0 Å². The Kier molecular flexibility index (Phi) is 4.46. The molecule has 2 atom stereocenters. The summed E-state index contributed by atoms with van der Waals surface area (Å²) in [5.41, 5.74) is 1.61. The maximum Gasteiger partial charge on any atom is 0.157 e. The molecular formula is C19H27BrN4O. The van der Waals surface area contributed by atoms with Crippen LogP contribution in [0.15, 0.2) is 17.0 Å². The van der Waals surface area contributed by atoms with Gasteiger partial charge in [-0.1, -0.05) is 27.7 Å². The molecule has 3 rings (SSSR count). The van der Waals surface area contributed by atoms with Gasteiger partial charge in [-0.15, -0.1) is 0 Å². The van der Waals surface area contributed by atoms with Gasteiger partial charge in [0.1, 0.15) is 22.2 Å². The normalized spacial score (nSPS) is 24.8. The molecule has 136 valence electrons. The maximum atomic E-state index is 12.9. The molecule has 1 aliphatic rings. The standard InChI is InChI=1S/C19H27BrN4O/c1-12-9-14(20)24-15(12)16(21-11-22-24)23-8-7-19(6,10-13(23)2)17(25)18(3,4)5/h9,11,13H,7-8,10H2,1-6H3/t13-,19+/m0/s1. The summed E-state index contributed by atoms with van der Waals surface area (Å²) >= 11 is 3.56. The molecule has 5 nitrogen and oxygen atoms in total. The van der Waals surface area contributed by atoms with Crippen LogP contribution >= 0.6 is 15.9 Å². The third kappa shape index (κ3) is 3.09. The number of Topliss-reactive ketones (excluding diaryl/α,β-unsaturated/α-hetero) is 1. The molecule has 0 spiro atoms. The molecule has 0 aromatic carbocycles. The monoisotopic (exact) mass is 406 g/mol. The number of anilines is 1. The Morgan fingerprint density at radius 1 is 1.40 bits per heavy atom. The average molecular weight is 407 g/mol. The van der Waals surface area contributed by atoms with Gasteiger partial charge < -0.3 is 4.90 Å². The maximum absolute atomic E-state index is 12.9. The van der Waals surface area contributed by atoms with Crippen LogP contribution in [0.4, 0.5) is 5.82 Å². The number of ketones is 1. The Balaban J connectivity index is 1.94. The number of carbonyl (C=O) groups excluding carboxylic acids is 1. The van der Waals surface area contributed by atoms with Crippen molar-refractivity contribution in [1.82, 2.24) is 14.6 Å². The van der Waals surface area contributed by atoms with E-state index in [2.05, 4.69) is 57.8 Å². The van der Waals surface area contributed by atoms with E-state index in [-0.39, 0.29) is 16.9 Å². The van der Waals surface area contributed by atoms with Crippen molar-refractivity contribution in [2.45, 2.75) is 60.4 Å². The van der Waals surface area contributed by atoms with Crippen molar-refractivity contribution in [2.75, 3.05) is 11.4 Å². The van der Waals surface area contributed by atoms with Gasteiger partial charge in [-0.05, 0) is 54.2 Å². The minimum atomic E-state index is -0.304. The predicted octanol–water partition coefficient (Wildman–Crippen LogP) is 4.41. The number of rotatable bonds is 2. The summed E-state index contributed by atoms with van der Waals surface area (Å²) in [6.07, 6.45) is 3.30. The van der Waals surface area contributed by atoms with Crippen LogP contribution in [0.1, 0.15) is 53.0 Å². The van der Waals surface area contributed by atoms with Gasteiger partial charge >= 0.3 is 0 Å². The van der Waals surface area contributed by atoms with Crippen molar-refractivity contribution >= 4 is 33.0 Å². The van der Waals surface area contributed by atoms with Gasteiger partial charge in [0.25, 0.3) is 0 Å². The van der Waals surface area contributed by atoms with Crippen molar-refractivity contribution < 1.29 is 4.79 Å². The van der Waals surface area contributed by atoms with E-state index < -0.39 is 0 Å². The first-order chi connectivity index (χ1) is 11.5. The number of carbonyl (C=O) groups is 1. The second kappa shape index (κ2) is 6.08. The number of halogens is 1. The number of fused-ring (bicyclic) bond motifs is 1. The lowest BCUT2D eigenvalue weighted by Crippen LogP contribution is -2.50. The summed E-state index contributed by atoms with van der Waals surface area (Å²) in [5, 5.41) is 4.35. The van der Waals surface area contributed by atoms with E-state index in [4.69, 9.17) is 0 Å². The van der Waals surface area contributed by atoms with E-state index in [0.717, 1.165) is 40.9 Å². The number of aromatic nitrogens is 3. The first-order valence-electron chi connectivity index (χ1n) is 8.85. The van der Waals surface area contributed by atoms with Gasteiger partial charge in [0.15, 0.2) is 5.82 Å². The molecule has 2 aromatic rings. The highest BCUT2D eigenvalue weighted by Gasteiger charge is 2.44. The molecule has 0 amide bonds. The zero-order valence-electron chi connectivity index (χ0n) is 15.9. The minimum Gasteiger partial charge on any atom is -0.352 e. The molecule has 0 aliphatic carbocycles. The summed E-state index contributed by atoms with van der Waals surface area (Å²) in [4.78, 5) is 19.9. The summed E-state index contributed by atoms with van der Waals surface area (Å²) < 4.78 is 2.82. The van der Waals surface area contributed by atoms with E-state index in [9.17, 15) is 4.79 Å². The first-order valence-corrected chi connectivity index (χ1v) is 9.64. The van der Waals surface area contributed by atoms with Crippen LogP contribution in [-0.4, -0.2) is 33.0 Å². The molecule has 0 N–H and O–H groups in total. The van der Waals surface area contributed by atoms with Crippen LogP contribution in [0, 0.1) is 17.8 Å². The second-order valence-corrected chi connectivity index (χ2v) is 9.44. The highest BCUT2D eigenvalue weighted by molar-refractivity contribution is 9.10. The number of hydrogen-bond donors (Lipinski definition) is 0. The Bertz CT molecular complexity index is 823. The van der Waals surface area contributed by atoms with Crippen molar-refractivity contribution in [2.24, 2.45) is 10.8 Å². The lowest BCUT2D eigenvalue weighted by molar-refractivity contribution is -0.137. The fraction of sp³-hybridized carbons (Fsp3) is 0.632. The third-order valence-electron chi connectivity index (χ3n) is 5.37. The predicted molar refractivity (Wildman–Crippen MR) is 104 cm³/mol. The zero-order chi connectivity index (χ0) is 18.6. The van der Waals surface area contributed by atoms with Crippen molar-refractivity contribution in [1.29, 1.82) is 0 Å². The topological polar surface area (TPSA) is 50.5 Å². The molecule has 3 heterocycles. The van der Waals surface area contributed by atoms with E-state index in [1.165, 1.54) is 0 Å². The Morgan fingerprint density at radius 2 is 2.08 bits per heavy atom. The zero-order valence-corrected chi connectivity index (χ0v) is 17.5. The Hall–Kier alpha value is -1.43. The van der Waals surface area contributed by atoms with Gasteiger partial charge in [0, 0.05) is 23.4 Å². The molecule has 25 heavy (non-hydrogen) atoms. The second-order valence-electron chi connectivity index (χ2n) is 8.63. The van der Waals surface area contributed by atoms with E-state index in [0.29, 0.717) is 5.78 Å². The Labute approximate surface area is 157 Å². The molecule has 1 aliphatic heterocycles. The van der Waals surface area contributed by atoms with Crippen molar-refractivity contribution in [3.8, 4) is 0 Å². The van der Waals surface area contributed by atoms with Crippen LogP contribution in [-0.2, 0) is 4.79 Å². The molecule has 1 fully saturated rings. The minimum absolute atomic E-state index is 0.247.